The van der Waals surface area contributed by atoms with Crippen molar-refractivity contribution >= 4 is 17.6 Å². The molecule has 0 aromatic heterocycles. The molecule has 0 radical (unpaired) electrons. The average Bonchev–Trinajstić information content (AvgIpc) is 3.00. The molecule has 1 aliphatic rings. The van der Waals surface area contributed by atoms with Gasteiger partial charge in [0.1, 0.15) is 0 Å². The van der Waals surface area contributed by atoms with E-state index in [1.165, 1.54) is 0 Å². The minimum atomic E-state index is -0.821. The molecular weight excluding hydrogens is 212 g/mol. The predicted molar refractivity (Wildman–Crippen MR) is 59.2 cm³/mol. The third kappa shape index (κ3) is 1.63. The highest BCUT2D eigenvalue weighted by molar-refractivity contribution is 6.31. The number of carboxylic acid groups (broad SMARTS) is 1. The standard InChI is InChI=1S/C12H13ClO2/c1-12(11(14)15,8-6-7-8)9-4-2-3-5-10(9)13/h2-5,8H,6-7H2,1H3,(H,14,15). The Morgan fingerprint density at radius 1 is 1.47 bits per heavy atom. The highest BCUT2D eigenvalue weighted by Gasteiger charge is 2.49. The lowest BCUT2D eigenvalue weighted by molar-refractivity contribution is -0.144. The number of benzene rings is 1. The molecule has 2 nitrogen and oxygen atoms in total. The van der Waals surface area contributed by atoms with Crippen molar-refractivity contribution in [1.82, 2.24) is 0 Å². The summed E-state index contributed by atoms with van der Waals surface area (Å²) in [5.41, 5.74) is -0.0834. The zero-order valence-corrected chi connectivity index (χ0v) is 9.29. The number of carbonyl (C=O) groups is 1. The van der Waals surface area contributed by atoms with Gasteiger partial charge < -0.3 is 5.11 Å². The molecule has 0 amide bonds. The molecule has 1 aromatic carbocycles. The zero-order valence-electron chi connectivity index (χ0n) is 8.53. The van der Waals surface area contributed by atoms with Crippen LogP contribution in [0.15, 0.2) is 24.3 Å². The molecule has 3 heteroatoms. The first-order chi connectivity index (χ1) is 7.06. The van der Waals surface area contributed by atoms with Crippen LogP contribution in [0.1, 0.15) is 25.3 Å². The van der Waals surface area contributed by atoms with Gasteiger partial charge in [-0.15, -0.1) is 0 Å². The number of rotatable bonds is 3. The van der Waals surface area contributed by atoms with Gasteiger partial charge in [-0.05, 0) is 37.3 Å². The first kappa shape index (κ1) is 10.5. The van der Waals surface area contributed by atoms with E-state index in [4.69, 9.17) is 11.6 Å². The maximum Gasteiger partial charge on any atom is 0.314 e. The fraction of sp³-hybridized carbons (Fsp3) is 0.417. The molecule has 1 unspecified atom stereocenters. The summed E-state index contributed by atoms with van der Waals surface area (Å²) >= 11 is 6.06. The van der Waals surface area contributed by atoms with Crippen molar-refractivity contribution in [2.24, 2.45) is 5.92 Å². The van der Waals surface area contributed by atoms with Gasteiger partial charge in [-0.1, -0.05) is 29.8 Å². The van der Waals surface area contributed by atoms with Gasteiger partial charge in [0, 0.05) is 5.02 Å². The summed E-state index contributed by atoms with van der Waals surface area (Å²) in [6, 6.07) is 7.22. The Bertz CT molecular complexity index is 398. The van der Waals surface area contributed by atoms with E-state index in [1.807, 2.05) is 18.2 Å². The summed E-state index contributed by atoms with van der Waals surface area (Å²) in [6.07, 6.45) is 1.96. The molecule has 0 heterocycles. The van der Waals surface area contributed by atoms with Crippen molar-refractivity contribution in [2.45, 2.75) is 25.2 Å². The van der Waals surface area contributed by atoms with Crippen molar-refractivity contribution in [2.75, 3.05) is 0 Å². The monoisotopic (exact) mass is 224 g/mol. The fourth-order valence-corrected chi connectivity index (χ4v) is 2.38. The smallest absolute Gasteiger partial charge is 0.314 e. The van der Waals surface area contributed by atoms with E-state index in [0.717, 1.165) is 18.4 Å². The molecular formula is C12H13ClO2. The van der Waals surface area contributed by atoms with E-state index >= 15 is 0 Å². The summed E-state index contributed by atoms with van der Waals surface area (Å²) in [6.45, 7) is 1.77. The van der Waals surface area contributed by atoms with Gasteiger partial charge in [0.15, 0.2) is 0 Å². The molecule has 1 fully saturated rings. The lowest BCUT2D eigenvalue weighted by Crippen LogP contribution is -2.35. The second-order valence-corrected chi connectivity index (χ2v) is 4.67. The summed E-state index contributed by atoms with van der Waals surface area (Å²) in [5, 5.41) is 9.91. The maximum absolute atomic E-state index is 11.4. The van der Waals surface area contributed by atoms with Crippen molar-refractivity contribution in [1.29, 1.82) is 0 Å². The van der Waals surface area contributed by atoms with Crippen LogP contribution in [-0.2, 0) is 10.2 Å². The van der Waals surface area contributed by atoms with E-state index in [2.05, 4.69) is 0 Å². The molecule has 0 saturated heterocycles. The van der Waals surface area contributed by atoms with Gasteiger partial charge in [0.25, 0.3) is 0 Å². The van der Waals surface area contributed by atoms with Crippen LogP contribution in [-0.4, -0.2) is 11.1 Å². The number of hydrogen-bond donors (Lipinski definition) is 1. The predicted octanol–water partition coefficient (Wildman–Crippen LogP) is 3.09. The van der Waals surface area contributed by atoms with Gasteiger partial charge in [-0.25, -0.2) is 0 Å². The van der Waals surface area contributed by atoms with E-state index in [1.54, 1.807) is 13.0 Å². The van der Waals surface area contributed by atoms with Crippen LogP contribution >= 0.6 is 11.6 Å². The van der Waals surface area contributed by atoms with Crippen LogP contribution in [0.3, 0.4) is 0 Å². The second-order valence-electron chi connectivity index (χ2n) is 4.26. The third-order valence-corrected chi connectivity index (χ3v) is 3.60. The Balaban J connectivity index is 2.50. The van der Waals surface area contributed by atoms with Gasteiger partial charge in [0.05, 0.1) is 5.41 Å². The molecule has 80 valence electrons. The van der Waals surface area contributed by atoms with Crippen molar-refractivity contribution < 1.29 is 9.90 Å². The number of hydrogen-bond acceptors (Lipinski definition) is 1. The molecule has 1 aromatic rings. The number of carboxylic acids is 1. The third-order valence-electron chi connectivity index (χ3n) is 3.27. The Kier molecular flexibility index (Phi) is 2.47. The first-order valence-electron chi connectivity index (χ1n) is 5.05. The van der Waals surface area contributed by atoms with E-state index in [9.17, 15) is 9.90 Å². The highest BCUT2D eigenvalue weighted by atomic mass is 35.5. The molecule has 15 heavy (non-hydrogen) atoms. The maximum atomic E-state index is 11.4. The molecule has 2 rings (SSSR count). The van der Waals surface area contributed by atoms with Crippen LogP contribution in [0, 0.1) is 5.92 Å². The van der Waals surface area contributed by atoms with Crippen LogP contribution in [0.5, 0.6) is 0 Å². The normalized spacial score (nSPS) is 19.6. The fourth-order valence-electron chi connectivity index (χ4n) is 2.05. The Labute approximate surface area is 93.9 Å². The summed E-state index contributed by atoms with van der Waals surface area (Å²) in [7, 11) is 0. The summed E-state index contributed by atoms with van der Waals surface area (Å²) < 4.78 is 0. The second kappa shape index (κ2) is 3.53. The molecule has 0 aliphatic heterocycles. The molecule has 1 atom stereocenters. The average molecular weight is 225 g/mol. The Morgan fingerprint density at radius 2 is 2.07 bits per heavy atom. The molecule has 0 bridgehead atoms. The molecule has 1 saturated carbocycles. The minimum Gasteiger partial charge on any atom is -0.481 e. The van der Waals surface area contributed by atoms with Gasteiger partial charge >= 0.3 is 5.97 Å². The lowest BCUT2D eigenvalue weighted by Gasteiger charge is -2.26. The first-order valence-corrected chi connectivity index (χ1v) is 5.43. The molecule has 1 aliphatic carbocycles. The molecule has 1 N–H and O–H groups in total. The topological polar surface area (TPSA) is 37.3 Å². The van der Waals surface area contributed by atoms with Gasteiger partial charge in [0.2, 0.25) is 0 Å². The Hall–Kier alpha value is -1.02. The van der Waals surface area contributed by atoms with E-state index < -0.39 is 11.4 Å². The lowest BCUT2D eigenvalue weighted by atomic mass is 9.78. The SMILES string of the molecule is CC(C(=O)O)(c1ccccc1Cl)C1CC1. The van der Waals surface area contributed by atoms with Crippen molar-refractivity contribution in [3.63, 3.8) is 0 Å². The van der Waals surface area contributed by atoms with Gasteiger partial charge in [-0.3, -0.25) is 4.79 Å². The van der Waals surface area contributed by atoms with Crippen LogP contribution in [0.4, 0.5) is 0 Å². The summed E-state index contributed by atoms with van der Waals surface area (Å²) in [4.78, 5) is 11.4. The van der Waals surface area contributed by atoms with Crippen molar-refractivity contribution in [3.8, 4) is 0 Å². The number of aliphatic carboxylic acids is 1. The minimum absolute atomic E-state index is 0.231. The largest absolute Gasteiger partial charge is 0.481 e. The van der Waals surface area contributed by atoms with Crippen LogP contribution in [0.2, 0.25) is 5.02 Å². The zero-order chi connectivity index (χ0) is 11.1. The molecule has 0 spiro atoms. The summed E-state index contributed by atoms with van der Waals surface area (Å²) in [5.74, 6) is -0.548. The van der Waals surface area contributed by atoms with Crippen LogP contribution < -0.4 is 0 Å². The van der Waals surface area contributed by atoms with Crippen molar-refractivity contribution in [3.05, 3.63) is 34.9 Å². The quantitative estimate of drug-likeness (QED) is 0.857. The van der Waals surface area contributed by atoms with E-state index in [0.29, 0.717) is 5.02 Å². The highest BCUT2D eigenvalue weighted by Crippen LogP contribution is 2.49. The number of halogens is 1. The van der Waals surface area contributed by atoms with E-state index in [-0.39, 0.29) is 5.92 Å². The Morgan fingerprint density at radius 3 is 2.53 bits per heavy atom. The van der Waals surface area contributed by atoms with Crippen LogP contribution in [0.25, 0.3) is 0 Å². The van der Waals surface area contributed by atoms with Gasteiger partial charge in [-0.2, -0.15) is 0 Å².